The Morgan fingerprint density at radius 1 is 1.29 bits per heavy atom. The number of hydrogen-bond donors (Lipinski definition) is 0. The molecule has 0 amide bonds. The molecular formula is C20H23NO3. The van der Waals surface area contributed by atoms with Gasteiger partial charge >= 0.3 is 5.97 Å². The Kier molecular flexibility index (Phi) is 5.26. The fourth-order valence-corrected chi connectivity index (χ4v) is 3.26. The van der Waals surface area contributed by atoms with Gasteiger partial charge in [0.25, 0.3) is 0 Å². The first-order valence-corrected chi connectivity index (χ1v) is 8.46. The van der Waals surface area contributed by atoms with Gasteiger partial charge in [-0.05, 0) is 54.0 Å². The Hall–Kier alpha value is -2.20. The van der Waals surface area contributed by atoms with Crippen molar-refractivity contribution in [1.82, 2.24) is 4.98 Å². The number of rotatable bonds is 5. The predicted octanol–water partition coefficient (Wildman–Crippen LogP) is 3.87. The van der Waals surface area contributed by atoms with Gasteiger partial charge in [-0.25, -0.2) is 4.79 Å². The molecule has 0 radical (unpaired) electrons. The van der Waals surface area contributed by atoms with E-state index in [0.717, 1.165) is 37.9 Å². The standard InChI is InChI=1S/C20H23NO3/c1-3-16-10-14(6-7-18(16)19-5-4-8-24-19)9-15-11-17(13-21-12-15)20(22)23-2/h6-7,10-13,19H,3-5,8-9H2,1-2H3. The summed E-state index contributed by atoms with van der Waals surface area (Å²) < 4.78 is 10.6. The zero-order valence-corrected chi connectivity index (χ0v) is 14.2. The quantitative estimate of drug-likeness (QED) is 0.783. The lowest BCUT2D eigenvalue weighted by Gasteiger charge is -2.16. The third-order valence-electron chi connectivity index (χ3n) is 4.49. The van der Waals surface area contributed by atoms with Crippen LogP contribution in [-0.2, 0) is 22.3 Å². The lowest BCUT2D eigenvalue weighted by atomic mass is 9.94. The zero-order chi connectivity index (χ0) is 16.9. The van der Waals surface area contributed by atoms with Crippen LogP contribution in [0.3, 0.4) is 0 Å². The van der Waals surface area contributed by atoms with Gasteiger partial charge in [0.1, 0.15) is 0 Å². The van der Waals surface area contributed by atoms with Crippen LogP contribution in [0.5, 0.6) is 0 Å². The molecule has 2 heterocycles. The van der Waals surface area contributed by atoms with E-state index in [1.54, 1.807) is 6.20 Å². The van der Waals surface area contributed by atoms with Crippen molar-refractivity contribution in [1.29, 1.82) is 0 Å². The molecule has 3 rings (SSSR count). The number of pyridine rings is 1. The van der Waals surface area contributed by atoms with Crippen LogP contribution in [0.1, 0.15) is 58.5 Å². The van der Waals surface area contributed by atoms with Crippen molar-refractivity contribution < 1.29 is 14.3 Å². The Bertz CT molecular complexity index is 721. The molecule has 126 valence electrons. The van der Waals surface area contributed by atoms with Crippen LogP contribution >= 0.6 is 0 Å². The van der Waals surface area contributed by atoms with Gasteiger partial charge in [0, 0.05) is 19.0 Å². The summed E-state index contributed by atoms with van der Waals surface area (Å²) in [5.41, 5.74) is 5.38. The highest BCUT2D eigenvalue weighted by molar-refractivity contribution is 5.89. The maximum atomic E-state index is 11.6. The molecule has 4 heteroatoms. The molecule has 1 aromatic carbocycles. The van der Waals surface area contributed by atoms with E-state index in [9.17, 15) is 4.79 Å². The monoisotopic (exact) mass is 325 g/mol. The number of carbonyl (C=O) groups is 1. The van der Waals surface area contributed by atoms with Gasteiger partial charge in [0.15, 0.2) is 0 Å². The van der Waals surface area contributed by atoms with Crippen molar-refractivity contribution in [2.24, 2.45) is 0 Å². The largest absolute Gasteiger partial charge is 0.465 e. The summed E-state index contributed by atoms with van der Waals surface area (Å²) in [5.74, 6) is -0.354. The molecule has 1 aliphatic heterocycles. The third kappa shape index (κ3) is 3.65. The normalized spacial score (nSPS) is 17.0. The summed E-state index contributed by atoms with van der Waals surface area (Å²) in [6.07, 6.45) is 7.57. The first kappa shape index (κ1) is 16.7. The van der Waals surface area contributed by atoms with Crippen molar-refractivity contribution in [3.8, 4) is 0 Å². The SMILES string of the molecule is CCc1cc(Cc2cncc(C(=O)OC)c2)ccc1C1CCCO1. The highest BCUT2D eigenvalue weighted by Gasteiger charge is 2.20. The Morgan fingerprint density at radius 2 is 2.17 bits per heavy atom. The van der Waals surface area contributed by atoms with E-state index >= 15 is 0 Å². The van der Waals surface area contributed by atoms with Gasteiger partial charge in [-0.3, -0.25) is 4.98 Å². The first-order valence-electron chi connectivity index (χ1n) is 8.46. The number of nitrogens with zero attached hydrogens (tertiary/aromatic N) is 1. The topological polar surface area (TPSA) is 48.4 Å². The molecular weight excluding hydrogens is 302 g/mol. The van der Waals surface area contributed by atoms with Crippen LogP contribution in [0.4, 0.5) is 0 Å². The molecule has 1 aliphatic rings. The number of hydrogen-bond acceptors (Lipinski definition) is 4. The minimum absolute atomic E-state index is 0.248. The number of aryl methyl sites for hydroxylation is 1. The Morgan fingerprint density at radius 3 is 2.88 bits per heavy atom. The molecule has 0 spiro atoms. The van der Waals surface area contributed by atoms with Crippen molar-refractivity contribution in [2.75, 3.05) is 13.7 Å². The summed E-state index contributed by atoms with van der Waals surface area (Å²) in [5, 5.41) is 0. The second-order valence-corrected chi connectivity index (χ2v) is 6.14. The fraction of sp³-hybridized carbons (Fsp3) is 0.400. The molecule has 1 saturated heterocycles. The number of benzene rings is 1. The molecule has 4 nitrogen and oxygen atoms in total. The van der Waals surface area contributed by atoms with Crippen LogP contribution in [0, 0.1) is 0 Å². The van der Waals surface area contributed by atoms with Crippen molar-refractivity contribution in [2.45, 2.75) is 38.7 Å². The van der Waals surface area contributed by atoms with E-state index in [1.807, 2.05) is 6.07 Å². The number of aromatic nitrogens is 1. The summed E-state index contributed by atoms with van der Waals surface area (Å²) in [6.45, 7) is 3.04. The number of ether oxygens (including phenoxy) is 2. The summed E-state index contributed by atoms with van der Waals surface area (Å²) in [4.78, 5) is 15.8. The first-order chi connectivity index (χ1) is 11.7. The summed E-state index contributed by atoms with van der Waals surface area (Å²) in [6, 6.07) is 8.45. The minimum Gasteiger partial charge on any atom is -0.465 e. The van der Waals surface area contributed by atoms with E-state index in [4.69, 9.17) is 9.47 Å². The van der Waals surface area contributed by atoms with Crippen LogP contribution in [-0.4, -0.2) is 24.7 Å². The molecule has 1 aromatic heterocycles. The van der Waals surface area contributed by atoms with Gasteiger partial charge in [-0.1, -0.05) is 25.1 Å². The zero-order valence-electron chi connectivity index (χ0n) is 14.2. The maximum absolute atomic E-state index is 11.6. The minimum atomic E-state index is -0.354. The smallest absolute Gasteiger partial charge is 0.339 e. The van der Waals surface area contributed by atoms with Gasteiger partial charge in [-0.15, -0.1) is 0 Å². The van der Waals surface area contributed by atoms with Crippen LogP contribution in [0.25, 0.3) is 0 Å². The maximum Gasteiger partial charge on any atom is 0.339 e. The van der Waals surface area contributed by atoms with E-state index in [1.165, 1.54) is 30.0 Å². The Balaban J connectivity index is 1.81. The molecule has 0 aliphatic carbocycles. The van der Waals surface area contributed by atoms with E-state index in [2.05, 4.69) is 30.1 Å². The molecule has 0 saturated carbocycles. The Labute approximate surface area is 142 Å². The van der Waals surface area contributed by atoms with E-state index in [0.29, 0.717) is 5.56 Å². The highest BCUT2D eigenvalue weighted by atomic mass is 16.5. The summed E-state index contributed by atoms with van der Waals surface area (Å²) >= 11 is 0. The van der Waals surface area contributed by atoms with E-state index < -0.39 is 0 Å². The molecule has 1 atom stereocenters. The third-order valence-corrected chi connectivity index (χ3v) is 4.49. The molecule has 2 aromatic rings. The second kappa shape index (κ2) is 7.58. The van der Waals surface area contributed by atoms with Gasteiger partial charge in [0.05, 0.1) is 18.8 Å². The second-order valence-electron chi connectivity index (χ2n) is 6.14. The average molecular weight is 325 g/mol. The molecule has 24 heavy (non-hydrogen) atoms. The molecule has 1 fully saturated rings. The average Bonchev–Trinajstić information content (AvgIpc) is 3.15. The van der Waals surface area contributed by atoms with Gasteiger partial charge in [-0.2, -0.15) is 0 Å². The highest BCUT2D eigenvalue weighted by Crippen LogP contribution is 2.32. The van der Waals surface area contributed by atoms with Crippen LogP contribution < -0.4 is 0 Å². The van der Waals surface area contributed by atoms with E-state index in [-0.39, 0.29) is 12.1 Å². The molecule has 1 unspecified atom stereocenters. The summed E-state index contributed by atoms with van der Waals surface area (Å²) in [7, 11) is 1.38. The lowest BCUT2D eigenvalue weighted by molar-refractivity contribution is 0.0600. The number of carbonyl (C=O) groups excluding carboxylic acids is 1. The van der Waals surface area contributed by atoms with Crippen LogP contribution in [0.2, 0.25) is 0 Å². The number of methoxy groups -OCH3 is 1. The number of esters is 1. The van der Waals surface area contributed by atoms with Gasteiger partial charge in [0.2, 0.25) is 0 Å². The van der Waals surface area contributed by atoms with Crippen LogP contribution in [0.15, 0.2) is 36.7 Å². The predicted molar refractivity (Wildman–Crippen MR) is 92.1 cm³/mol. The van der Waals surface area contributed by atoms with Crippen molar-refractivity contribution in [3.63, 3.8) is 0 Å². The van der Waals surface area contributed by atoms with Gasteiger partial charge < -0.3 is 9.47 Å². The van der Waals surface area contributed by atoms with Crippen molar-refractivity contribution in [3.05, 3.63) is 64.5 Å². The molecule has 0 N–H and O–H groups in total. The van der Waals surface area contributed by atoms with Crippen molar-refractivity contribution >= 4 is 5.97 Å². The lowest BCUT2D eigenvalue weighted by Crippen LogP contribution is -2.04. The fourth-order valence-electron chi connectivity index (χ4n) is 3.26. The molecule has 0 bridgehead atoms.